The fraction of sp³-hybridized carbons (Fsp3) is 0.0952. The van der Waals surface area contributed by atoms with Crippen molar-refractivity contribution < 1.29 is 18.7 Å². The third kappa shape index (κ3) is 5.84. The minimum absolute atomic E-state index is 0.0700. The van der Waals surface area contributed by atoms with E-state index in [9.17, 15) is 9.59 Å². The molecule has 28 heavy (non-hydrogen) atoms. The highest BCUT2D eigenvalue weighted by atomic mass is 16.5. The van der Waals surface area contributed by atoms with E-state index in [2.05, 4.69) is 15.8 Å². The molecule has 2 N–H and O–H groups in total. The number of nitrogens with one attached hydrogen (secondary N) is 2. The fourth-order valence-corrected chi connectivity index (χ4v) is 2.27. The number of furan rings is 1. The van der Waals surface area contributed by atoms with Gasteiger partial charge in [0.1, 0.15) is 5.75 Å². The van der Waals surface area contributed by atoms with E-state index in [1.54, 1.807) is 36.4 Å². The molecular formula is C21H19N3O4. The van der Waals surface area contributed by atoms with Gasteiger partial charge >= 0.3 is 5.91 Å². The summed E-state index contributed by atoms with van der Waals surface area (Å²) in [6.07, 6.45) is 2.91. The van der Waals surface area contributed by atoms with Crippen molar-refractivity contribution >= 4 is 18.0 Å². The summed E-state index contributed by atoms with van der Waals surface area (Å²) in [7, 11) is 0. The van der Waals surface area contributed by atoms with Gasteiger partial charge in [0, 0.05) is 6.54 Å². The zero-order chi connectivity index (χ0) is 19.6. The quantitative estimate of drug-likeness (QED) is 0.466. The zero-order valence-corrected chi connectivity index (χ0v) is 15.0. The Morgan fingerprint density at radius 2 is 1.79 bits per heavy atom. The van der Waals surface area contributed by atoms with Crippen LogP contribution in [0.25, 0.3) is 0 Å². The number of amides is 2. The molecule has 3 aromatic rings. The molecular weight excluding hydrogens is 358 g/mol. The molecule has 0 aliphatic carbocycles. The smallest absolute Gasteiger partial charge is 0.307 e. The van der Waals surface area contributed by atoms with E-state index in [4.69, 9.17) is 9.15 Å². The predicted octanol–water partition coefficient (Wildman–Crippen LogP) is 2.74. The van der Waals surface area contributed by atoms with Crippen LogP contribution in [0.15, 0.2) is 82.5 Å². The second-order valence-electron chi connectivity index (χ2n) is 5.80. The van der Waals surface area contributed by atoms with Gasteiger partial charge < -0.3 is 14.5 Å². The molecule has 1 aromatic heterocycles. The van der Waals surface area contributed by atoms with Crippen molar-refractivity contribution in [1.29, 1.82) is 0 Å². The van der Waals surface area contributed by atoms with Crippen LogP contribution in [0.2, 0.25) is 0 Å². The molecule has 0 spiro atoms. The summed E-state index contributed by atoms with van der Waals surface area (Å²) < 4.78 is 10.4. The molecule has 0 unspecified atom stereocenters. The first kappa shape index (κ1) is 18.9. The maximum absolute atomic E-state index is 11.9. The first-order chi connectivity index (χ1) is 13.7. The van der Waals surface area contributed by atoms with Crippen LogP contribution in [0.4, 0.5) is 0 Å². The lowest BCUT2D eigenvalue weighted by atomic mass is 10.2. The van der Waals surface area contributed by atoms with Crippen LogP contribution in [-0.2, 0) is 11.3 Å². The van der Waals surface area contributed by atoms with E-state index >= 15 is 0 Å². The van der Waals surface area contributed by atoms with Crippen LogP contribution in [0, 0.1) is 0 Å². The summed E-state index contributed by atoms with van der Waals surface area (Å²) in [6.45, 7) is 0.391. The Labute approximate surface area is 162 Å². The Kier molecular flexibility index (Phi) is 6.57. The maximum atomic E-state index is 11.9. The van der Waals surface area contributed by atoms with Crippen LogP contribution in [0.5, 0.6) is 5.75 Å². The number of hydrogen-bond acceptors (Lipinski definition) is 5. The lowest BCUT2D eigenvalue weighted by Gasteiger charge is -2.07. The molecule has 7 heteroatoms. The molecule has 0 aliphatic heterocycles. The van der Waals surface area contributed by atoms with Gasteiger partial charge in [-0.15, -0.1) is 0 Å². The normalized spacial score (nSPS) is 10.6. The third-order valence-electron chi connectivity index (χ3n) is 3.71. The Hall–Kier alpha value is -3.87. The van der Waals surface area contributed by atoms with Crippen molar-refractivity contribution in [2.24, 2.45) is 5.10 Å². The lowest BCUT2D eigenvalue weighted by Crippen LogP contribution is -2.28. The van der Waals surface area contributed by atoms with Gasteiger partial charge in [-0.1, -0.05) is 30.3 Å². The van der Waals surface area contributed by atoms with Crippen molar-refractivity contribution in [3.05, 3.63) is 89.9 Å². The highest BCUT2D eigenvalue weighted by Crippen LogP contribution is 2.11. The lowest BCUT2D eigenvalue weighted by molar-refractivity contribution is -0.123. The molecule has 0 saturated heterocycles. The van der Waals surface area contributed by atoms with Crippen LogP contribution in [-0.4, -0.2) is 24.6 Å². The van der Waals surface area contributed by atoms with Gasteiger partial charge in [-0.05, 0) is 47.5 Å². The second-order valence-corrected chi connectivity index (χ2v) is 5.80. The Morgan fingerprint density at radius 3 is 2.50 bits per heavy atom. The van der Waals surface area contributed by atoms with Gasteiger partial charge in [0.05, 0.1) is 12.5 Å². The van der Waals surface area contributed by atoms with Crippen molar-refractivity contribution in [2.75, 3.05) is 6.61 Å². The number of nitrogens with zero attached hydrogens (tertiary/aromatic N) is 1. The van der Waals surface area contributed by atoms with Crippen LogP contribution in [0.3, 0.4) is 0 Å². The summed E-state index contributed by atoms with van der Waals surface area (Å²) >= 11 is 0. The highest BCUT2D eigenvalue weighted by Gasteiger charge is 2.06. The molecule has 7 nitrogen and oxygen atoms in total. The largest absolute Gasteiger partial charge is 0.484 e. The van der Waals surface area contributed by atoms with Crippen molar-refractivity contribution in [2.45, 2.75) is 6.54 Å². The van der Waals surface area contributed by atoms with Gasteiger partial charge in [-0.3, -0.25) is 9.59 Å². The average molecular weight is 377 g/mol. The standard InChI is InChI=1S/C21H19N3O4/c25-20(22-13-16-5-2-1-3-6-16)15-28-18-10-8-17(9-11-18)14-23-24-21(26)19-7-4-12-27-19/h1-12,14H,13,15H2,(H,22,25)(H,24,26)/b23-14+. The van der Waals surface area contributed by atoms with Crippen molar-refractivity contribution in [3.8, 4) is 5.75 Å². The second kappa shape index (κ2) is 9.72. The molecule has 0 saturated carbocycles. The number of carbonyl (C=O) groups is 2. The first-order valence-electron chi connectivity index (χ1n) is 8.61. The topological polar surface area (TPSA) is 92.9 Å². The molecule has 0 bridgehead atoms. The summed E-state index contributed by atoms with van der Waals surface area (Å²) in [5.74, 6) is 0.121. The number of hydrogen-bond donors (Lipinski definition) is 2. The van der Waals surface area contributed by atoms with Gasteiger partial charge in [0.15, 0.2) is 12.4 Å². The summed E-state index contributed by atoms with van der Waals surface area (Å²) in [5, 5.41) is 6.66. The number of ether oxygens (including phenoxy) is 1. The van der Waals surface area contributed by atoms with E-state index in [0.717, 1.165) is 11.1 Å². The van der Waals surface area contributed by atoms with Crippen molar-refractivity contribution in [1.82, 2.24) is 10.7 Å². The van der Waals surface area contributed by atoms with Gasteiger partial charge in [-0.2, -0.15) is 5.10 Å². The number of carbonyl (C=O) groups excluding carboxylic acids is 2. The number of rotatable bonds is 8. The molecule has 3 rings (SSSR count). The average Bonchev–Trinajstić information content (AvgIpc) is 3.27. The molecule has 2 amide bonds. The SMILES string of the molecule is O=C(COc1ccc(/C=N/NC(=O)c2ccco2)cc1)NCc1ccccc1. The fourth-order valence-electron chi connectivity index (χ4n) is 2.27. The van der Waals surface area contributed by atoms with E-state index in [1.807, 2.05) is 30.3 Å². The number of benzene rings is 2. The maximum Gasteiger partial charge on any atom is 0.307 e. The van der Waals surface area contributed by atoms with Crippen LogP contribution < -0.4 is 15.5 Å². The molecule has 0 atom stereocenters. The van der Waals surface area contributed by atoms with Crippen molar-refractivity contribution in [3.63, 3.8) is 0 Å². The van der Waals surface area contributed by atoms with Crippen LogP contribution >= 0.6 is 0 Å². The van der Waals surface area contributed by atoms with E-state index in [1.165, 1.54) is 12.5 Å². The predicted molar refractivity (Wildman–Crippen MR) is 104 cm³/mol. The van der Waals surface area contributed by atoms with E-state index < -0.39 is 5.91 Å². The first-order valence-corrected chi connectivity index (χ1v) is 8.61. The van der Waals surface area contributed by atoms with Crippen LogP contribution in [0.1, 0.15) is 21.7 Å². The van der Waals surface area contributed by atoms with E-state index in [0.29, 0.717) is 12.3 Å². The Morgan fingerprint density at radius 1 is 1.00 bits per heavy atom. The highest BCUT2D eigenvalue weighted by molar-refractivity contribution is 5.92. The minimum atomic E-state index is -0.428. The van der Waals surface area contributed by atoms with Gasteiger partial charge in [0.25, 0.3) is 5.91 Å². The third-order valence-corrected chi connectivity index (χ3v) is 3.71. The summed E-state index contributed by atoms with van der Waals surface area (Å²) in [4.78, 5) is 23.5. The molecule has 142 valence electrons. The summed E-state index contributed by atoms with van der Waals surface area (Å²) in [6, 6.07) is 19.8. The molecule has 2 aromatic carbocycles. The summed E-state index contributed by atoms with van der Waals surface area (Å²) in [5.41, 5.74) is 4.16. The number of hydrazone groups is 1. The van der Waals surface area contributed by atoms with Gasteiger partial charge in [-0.25, -0.2) is 5.43 Å². The minimum Gasteiger partial charge on any atom is -0.484 e. The molecule has 0 radical (unpaired) electrons. The zero-order valence-electron chi connectivity index (χ0n) is 15.0. The van der Waals surface area contributed by atoms with Gasteiger partial charge in [0.2, 0.25) is 0 Å². The molecule has 1 heterocycles. The Balaban J connectivity index is 1.40. The monoisotopic (exact) mass is 377 g/mol. The molecule has 0 fully saturated rings. The molecule has 0 aliphatic rings. The Bertz CT molecular complexity index is 920. The van der Waals surface area contributed by atoms with E-state index in [-0.39, 0.29) is 18.3 Å².